The molecule has 1 saturated carbocycles. The molecular weight excluding hydrogens is 306 g/mol. The molecule has 2 aromatic rings. The lowest BCUT2D eigenvalue weighted by atomic mass is 9.96. The maximum absolute atomic E-state index is 12.6. The third kappa shape index (κ3) is 2.81. The lowest BCUT2D eigenvalue weighted by Gasteiger charge is -2.17. The van der Waals surface area contributed by atoms with E-state index in [1.165, 1.54) is 16.7 Å². The number of hydrogen-bond acceptors (Lipinski definition) is 2. The van der Waals surface area contributed by atoms with Crippen molar-refractivity contribution < 1.29 is 8.42 Å². The van der Waals surface area contributed by atoms with Gasteiger partial charge in [-0.1, -0.05) is 36.4 Å². The van der Waals surface area contributed by atoms with Crippen LogP contribution in [0.4, 0.5) is 0 Å². The molecule has 0 amide bonds. The van der Waals surface area contributed by atoms with Gasteiger partial charge in [0, 0.05) is 12.0 Å². The fourth-order valence-corrected chi connectivity index (χ4v) is 4.72. The van der Waals surface area contributed by atoms with E-state index in [4.69, 9.17) is 0 Å². The van der Waals surface area contributed by atoms with Crippen molar-refractivity contribution in [3.8, 4) is 0 Å². The fraction of sp³-hybridized carbons (Fsp3) is 0.368. The second-order valence-electron chi connectivity index (χ2n) is 6.75. The van der Waals surface area contributed by atoms with Crippen LogP contribution in [-0.2, 0) is 28.3 Å². The van der Waals surface area contributed by atoms with E-state index in [-0.39, 0.29) is 5.41 Å². The van der Waals surface area contributed by atoms with Gasteiger partial charge in [0.15, 0.2) is 0 Å². The van der Waals surface area contributed by atoms with Crippen molar-refractivity contribution in [2.45, 2.75) is 42.4 Å². The third-order valence-electron chi connectivity index (χ3n) is 5.22. The highest BCUT2D eigenvalue weighted by molar-refractivity contribution is 7.89. The first-order chi connectivity index (χ1) is 11.1. The normalized spacial score (nSPS) is 18.6. The van der Waals surface area contributed by atoms with Gasteiger partial charge >= 0.3 is 0 Å². The summed E-state index contributed by atoms with van der Waals surface area (Å²) in [6.07, 6.45) is 5.28. The number of hydrogen-bond donors (Lipinski definition) is 1. The van der Waals surface area contributed by atoms with Crippen LogP contribution in [0, 0.1) is 0 Å². The average molecular weight is 327 g/mol. The number of rotatable bonds is 5. The third-order valence-corrected chi connectivity index (χ3v) is 6.62. The van der Waals surface area contributed by atoms with E-state index in [0.717, 1.165) is 32.1 Å². The summed E-state index contributed by atoms with van der Waals surface area (Å²) in [5, 5.41) is 0. The van der Waals surface area contributed by atoms with Crippen LogP contribution in [0.5, 0.6) is 0 Å². The molecule has 0 unspecified atom stereocenters. The second kappa shape index (κ2) is 5.46. The van der Waals surface area contributed by atoms with Crippen LogP contribution in [0.1, 0.15) is 36.0 Å². The molecule has 3 nitrogen and oxygen atoms in total. The second-order valence-corrected chi connectivity index (χ2v) is 8.52. The van der Waals surface area contributed by atoms with Gasteiger partial charge in [0.05, 0.1) is 4.90 Å². The molecule has 0 aliphatic heterocycles. The Labute approximate surface area is 137 Å². The summed E-state index contributed by atoms with van der Waals surface area (Å²) in [5.74, 6) is 0. The van der Waals surface area contributed by atoms with Crippen LogP contribution in [-0.4, -0.2) is 15.0 Å². The SMILES string of the molecule is O=S(=O)(NCC1(c2ccccc2)CC1)c1ccc2c(c1)CCC2. The molecule has 120 valence electrons. The average Bonchev–Trinajstić information content (AvgIpc) is 3.23. The fourth-order valence-electron chi connectivity index (χ4n) is 3.54. The van der Waals surface area contributed by atoms with Crippen LogP contribution >= 0.6 is 0 Å². The zero-order chi connectivity index (χ0) is 15.9. The smallest absolute Gasteiger partial charge is 0.210 e. The Kier molecular flexibility index (Phi) is 3.54. The molecular formula is C19H21NO2S. The van der Waals surface area contributed by atoms with Crippen LogP contribution < -0.4 is 4.72 Å². The molecule has 0 bridgehead atoms. The highest BCUT2D eigenvalue weighted by Crippen LogP contribution is 2.47. The van der Waals surface area contributed by atoms with Gasteiger partial charge in [-0.25, -0.2) is 13.1 Å². The molecule has 2 aliphatic rings. The molecule has 1 fully saturated rings. The Hall–Kier alpha value is -1.65. The number of benzene rings is 2. The van der Waals surface area contributed by atoms with E-state index in [2.05, 4.69) is 16.9 Å². The molecule has 0 radical (unpaired) electrons. The lowest BCUT2D eigenvalue weighted by molar-refractivity contribution is 0.567. The molecule has 23 heavy (non-hydrogen) atoms. The maximum atomic E-state index is 12.6. The van der Waals surface area contributed by atoms with Gasteiger partial charge in [0.2, 0.25) is 10.0 Å². The van der Waals surface area contributed by atoms with Crippen LogP contribution in [0.15, 0.2) is 53.4 Å². The summed E-state index contributed by atoms with van der Waals surface area (Å²) < 4.78 is 28.1. The molecule has 0 saturated heterocycles. The van der Waals surface area contributed by atoms with Gasteiger partial charge in [0.25, 0.3) is 0 Å². The summed E-state index contributed by atoms with van der Waals surface area (Å²) in [4.78, 5) is 0.405. The molecule has 0 atom stereocenters. The minimum Gasteiger partial charge on any atom is -0.210 e. The van der Waals surface area contributed by atoms with Crippen LogP contribution in [0.25, 0.3) is 0 Å². The number of fused-ring (bicyclic) bond motifs is 1. The molecule has 0 spiro atoms. The van der Waals surface area contributed by atoms with Crippen LogP contribution in [0.2, 0.25) is 0 Å². The predicted molar refractivity (Wildman–Crippen MR) is 91.0 cm³/mol. The monoisotopic (exact) mass is 327 g/mol. The Morgan fingerprint density at radius 1 is 0.957 bits per heavy atom. The van der Waals surface area contributed by atoms with Crippen LogP contribution in [0.3, 0.4) is 0 Å². The molecule has 0 aromatic heterocycles. The molecule has 4 rings (SSSR count). The first-order valence-corrected chi connectivity index (χ1v) is 9.74. The summed E-state index contributed by atoms with van der Waals surface area (Å²) in [7, 11) is -3.43. The first kappa shape index (κ1) is 14.9. The van der Waals surface area contributed by atoms with Crippen molar-refractivity contribution in [1.82, 2.24) is 4.72 Å². The van der Waals surface area contributed by atoms with Crippen molar-refractivity contribution in [2.75, 3.05) is 6.54 Å². The highest BCUT2D eigenvalue weighted by Gasteiger charge is 2.44. The van der Waals surface area contributed by atoms with E-state index >= 15 is 0 Å². The quantitative estimate of drug-likeness (QED) is 0.917. The van der Waals surface area contributed by atoms with Gasteiger partial charge in [-0.05, 0) is 60.9 Å². The Morgan fingerprint density at radius 3 is 2.43 bits per heavy atom. The van der Waals surface area contributed by atoms with Gasteiger partial charge in [0.1, 0.15) is 0 Å². The van der Waals surface area contributed by atoms with E-state index < -0.39 is 10.0 Å². The lowest BCUT2D eigenvalue weighted by Crippen LogP contribution is -2.32. The molecule has 0 heterocycles. The number of nitrogens with one attached hydrogen (secondary N) is 1. The van der Waals surface area contributed by atoms with Crippen molar-refractivity contribution in [3.05, 3.63) is 65.2 Å². The predicted octanol–water partition coefficient (Wildman–Crippen LogP) is 3.19. The van der Waals surface area contributed by atoms with E-state index in [0.29, 0.717) is 11.4 Å². The zero-order valence-electron chi connectivity index (χ0n) is 13.1. The first-order valence-electron chi connectivity index (χ1n) is 8.26. The van der Waals surface area contributed by atoms with Gasteiger partial charge < -0.3 is 0 Å². The Balaban J connectivity index is 1.52. The molecule has 2 aliphatic carbocycles. The standard InChI is InChI=1S/C19H21NO2S/c21-23(22,18-10-9-15-5-4-6-16(15)13-18)20-14-19(11-12-19)17-7-2-1-3-8-17/h1-3,7-10,13,20H,4-6,11-12,14H2. The Bertz CT molecular complexity index is 824. The summed E-state index contributed by atoms with van der Waals surface area (Å²) in [6.45, 7) is 0.483. The Morgan fingerprint density at radius 2 is 1.70 bits per heavy atom. The van der Waals surface area contributed by atoms with Crippen molar-refractivity contribution >= 4 is 10.0 Å². The molecule has 1 N–H and O–H groups in total. The van der Waals surface area contributed by atoms with E-state index in [1.807, 2.05) is 30.3 Å². The number of aryl methyl sites for hydroxylation is 2. The zero-order valence-corrected chi connectivity index (χ0v) is 13.9. The van der Waals surface area contributed by atoms with Crippen molar-refractivity contribution in [2.24, 2.45) is 0 Å². The van der Waals surface area contributed by atoms with Crippen molar-refractivity contribution in [3.63, 3.8) is 0 Å². The van der Waals surface area contributed by atoms with E-state index in [9.17, 15) is 8.42 Å². The van der Waals surface area contributed by atoms with Gasteiger partial charge in [-0.15, -0.1) is 0 Å². The van der Waals surface area contributed by atoms with Gasteiger partial charge in [-0.2, -0.15) is 0 Å². The number of sulfonamides is 1. The molecule has 4 heteroatoms. The molecule has 2 aromatic carbocycles. The largest absolute Gasteiger partial charge is 0.240 e. The van der Waals surface area contributed by atoms with Gasteiger partial charge in [-0.3, -0.25) is 0 Å². The summed E-state index contributed by atoms with van der Waals surface area (Å²) in [6, 6.07) is 15.8. The highest BCUT2D eigenvalue weighted by atomic mass is 32.2. The van der Waals surface area contributed by atoms with Crippen molar-refractivity contribution in [1.29, 1.82) is 0 Å². The minimum atomic E-state index is -3.43. The minimum absolute atomic E-state index is 0.00887. The topological polar surface area (TPSA) is 46.2 Å². The summed E-state index contributed by atoms with van der Waals surface area (Å²) >= 11 is 0. The maximum Gasteiger partial charge on any atom is 0.240 e. The summed E-state index contributed by atoms with van der Waals surface area (Å²) in [5.41, 5.74) is 3.71. The van der Waals surface area contributed by atoms with E-state index in [1.54, 1.807) is 6.07 Å².